The van der Waals surface area contributed by atoms with Crippen LogP contribution in [-0.4, -0.2) is 47.7 Å². The van der Waals surface area contributed by atoms with Crippen molar-refractivity contribution >= 4 is 11.9 Å². The van der Waals surface area contributed by atoms with Gasteiger partial charge in [-0.1, -0.05) is 25.3 Å². The van der Waals surface area contributed by atoms with Crippen molar-refractivity contribution in [2.75, 3.05) is 19.7 Å². The van der Waals surface area contributed by atoms with Crippen LogP contribution in [0.1, 0.15) is 51.4 Å². The molecule has 130 valence electrons. The molecule has 5 heteroatoms. The number of likely N-dealkylation sites (tertiary alicyclic amines) is 1. The molecular weight excluding hydrogens is 294 g/mol. The Bertz CT molecular complexity index is 417. The number of hydrogen-bond donors (Lipinski definition) is 1. The van der Waals surface area contributed by atoms with Gasteiger partial charge in [0, 0.05) is 19.5 Å². The second-order valence-corrected chi connectivity index (χ2v) is 6.77. The Morgan fingerprint density at radius 2 is 1.96 bits per heavy atom. The molecule has 0 bridgehead atoms. The number of carboxylic acid groups (broad SMARTS) is 1. The van der Waals surface area contributed by atoms with Crippen LogP contribution in [0.15, 0.2) is 12.7 Å². The average molecular weight is 323 g/mol. The molecule has 2 atom stereocenters. The number of hydrogen-bond acceptors (Lipinski definition) is 3. The topological polar surface area (TPSA) is 66.8 Å². The van der Waals surface area contributed by atoms with E-state index in [1.54, 1.807) is 11.0 Å². The summed E-state index contributed by atoms with van der Waals surface area (Å²) < 4.78 is 5.65. The molecule has 0 radical (unpaired) electrons. The molecule has 5 nitrogen and oxygen atoms in total. The molecule has 1 saturated heterocycles. The molecule has 23 heavy (non-hydrogen) atoms. The minimum atomic E-state index is -0.818. The van der Waals surface area contributed by atoms with E-state index >= 15 is 0 Å². The number of piperidine rings is 1. The molecule has 1 aliphatic heterocycles. The highest BCUT2D eigenvalue weighted by atomic mass is 16.5. The predicted octanol–water partition coefficient (Wildman–Crippen LogP) is 2.85. The van der Waals surface area contributed by atoms with Gasteiger partial charge in [0.15, 0.2) is 0 Å². The molecule has 0 aromatic carbocycles. The van der Waals surface area contributed by atoms with Crippen LogP contribution in [0.4, 0.5) is 0 Å². The predicted molar refractivity (Wildman–Crippen MR) is 88.1 cm³/mol. The van der Waals surface area contributed by atoms with E-state index in [2.05, 4.69) is 6.58 Å². The zero-order valence-corrected chi connectivity index (χ0v) is 13.9. The lowest BCUT2D eigenvalue weighted by molar-refractivity contribution is -0.149. The maximum Gasteiger partial charge on any atom is 0.307 e. The number of carbonyl (C=O) groups is 2. The fourth-order valence-electron chi connectivity index (χ4n) is 3.81. The summed E-state index contributed by atoms with van der Waals surface area (Å²) >= 11 is 0. The third-order valence-corrected chi connectivity index (χ3v) is 5.11. The zero-order valence-electron chi connectivity index (χ0n) is 13.9. The molecule has 2 aliphatic rings. The summed E-state index contributed by atoms with van der Waals surface area (Å²) in [4.78, 5) is 26.0. The minimum Gasteiger partial charge on any atom is -0.481 e. The Morgan fingerprint density at radius 3 is 2.61 bits per heavy atom. The molecule has 2 fully saturated rings. The molecule has 1 saturated carbocycles. The van der Waals surface area contributed by atoms with E-state index in [0.29, 0.717) is 19.7 Å². The largest absolute Gasteiger partial charge is 0.481 e. The van der Waals surface area contributed by atoms with Crippen LogP contribution in [-0.2, 0) is 14.3 Å². The summed E-state index contributed by atoms with van der Waals surface area (Å²) in [5, 5.41) is 9.53. The van der Waals surface area contributed by atoms with E-state index < -0.39 is 11.9 Å². The lowest BCUT2D eigenvalue weighted by Gasteiger charge is -2.34. The Balaban J connectivity index is 1.89. The Hall–Kier alpha value is -1.36. The van der Waals surface area contributed by atoms with Crippen molar-refractivity contribution in [3.63, 3.8) is 0 Å². The summed E-state index contributed by atoms with van der Waals surface area (Å²) in [7, 11) is 0. The van der Waals surface area contributed by atoms with Crippen LogP contribution in [0.2, 0.25) is 0 Å². The van der Waals surface area contributed by atoms with Crippen LogP contribution in [0.3, 0.4) is 0 Å². The quantitative estimate of drug-likeness (QED) is 0.732. The van der Waals surface area contributed by atoms with Gasteiger partial charge < -0.3 is 14.7 Å². The van der Waals surface area contributed by atoms with Gasteiger partial charge in [0.2, 0.25) is 5.91 Å². The highest BCUT2D eigenvalue weighted by Crippen LogP contribution is 2.32. The van der Waals surface area contributed by atoms with E-state index in [4.69, 9.17) is 4.74 Å². The molecular formula is C18H29NO4. The fraction of sp³-hybridized carbons (Fsp3) is 0.778. The van der Waals surface area contributed by atoms with Crippen LogP contribution in [0, 0.1) is 11.8 Å². The Morgan fingerprint density at radius 1 is 1.22 bits per heavy atom. The number of carbonyl (C=O) groups excluding carboxylic acids is 1. The number of rotatable bonds is 7. The van der Waals surface area contributed by atoms with Gasteiger partial charge in [-0.25, -0.2) is 0 Å². The van der Waals surface area contributed by atoms with Crippen LogP contribution < -0.4 is 0 Å². The summed E-state index contributed by atoms with van der Waals surface area (Å²) in [6.07, 6.45) is 8.99. The molecule has 1 aliphatic carbocycles. The first-order chi connectivity index (χ1) is 11.1. The molecule has 0 aromatic heterocycles. The van der Waals surface area contributed by atoms with Gasteiger partial charge >= 0.3 is 5.97 Å². The van der Waals surface area contributed by atoms with Crippen molar-refractivity contribution in [1.82, 2.24) is 4.90 Å². The highest BCUT2D eigenvalue weighted by Gasteiger charge is 2.33. The normalized spacial score (nSPS) is 24.2. The van der Waals surface area contributed by atoms with Gasteiger partial charge in [0.05, 0.1) is 18.6 Å². The van der Waals surface area contributed by atoms with Crippen molar-refractivity contribution in [3.8, 4) is 0 Å². The second-order valence-electron chi connectivity index (χ2n) is 6.77. The maximum absolute atomic E-state index is 12.6. The Kier molecular flexibility index (Phi) is 7.09. The average Bonchev–Trinajstić information content (AvgIpc) is 2.58. The lowest BCUT2D eigenvalue weighted by Crippen LogP contribution is -2.44. The van der Waals surface area contributed by atoms with E-state index in [-0.39, 0.29) is 24.3 Å². The SMILES string of the molecule is C=CCO[C@@H]1CCCN(C(=O)C[C@H](C(=O)O)C2CCCCC2)C1. The van der Waals surface area contributed by atoms with Crippen molar-refractivity contribution in [2.24, 2.45) is 11.8 Å². The molecule has 0 aromatic rings. The third kappa shape index (κ3) is 5.34. The molecule has 1 N–H and O–H groups in total. The van der Waals surface area contributed by atoms with Crippen LogP contribution in [0.25, 0.3) is 0 Å². The van der Waals surface area contributed by atoms with Crippen molar-refractivity contribution in [1.29, 1.82) is 0 Å². The first-order valence-electron chi connectivity index (χ1n) is 8.85. The number of ether oxygens (including phenoxy) is 1. The minimum absolute atomic E-state index is 0.0325. The Labute approximate surface area is 138 Å². The molecule has 0 spiro atoms. The number of amides is 1. The maximum atomic E-state index is 12.6. The number of nitrogens with zero attached hydrogens (tertiary/aromatic N) is 1. The number of carboxylic acids is 1. The van der Waals surface area contributed by atoms with E-state index in [1.807, 2.05) is 0 Å². The number of aliphatic carboxylic acids is 1. The van der Waals surface area contributed by atoms with E-state index in [0.717, 1.165) is 38.5 Å². The molecule has 1 amide bonds. The summed E-state index contributed by atoms with van der Waals surface area (Å²) in [6.45, 7) is 5.42. The fourth-order valence-corrected chi connectivity index (χ4v) is 3.81. The molecule has 0 unspecified atom stereocenters. The van der Waals surface area contributed by atoms with Crippen molar-refractivity contribution < 1.29 is 19.4 Å². The van der Waals surface area contributed by atoms with Gasteiger partial charge in [-0.3, -0.25) is 9.59 Å². The van der Waals surface area contributed by atoms with Gasteiger partial charge in [0.1, 0.15) is 0 Å². The summed E-state index contributed by atoms with van der Waals surface area (Å²) in [5.74, 6) is -1.23. The van der Waals surface area contributed by atoms with Crippen LogP contribution >= 0.6 is 0 Å². The highest BCUT2D eigenvalue weighted by molar-refractivity contribution is 5.82. The van der Waals surface area contributed by atoms with E-state index in [1.165, 1.54) is 6.42 Å². The van der Waals surface area contributed by atoms with Gasteiger partial charge in [0.25, 0.3) is 0 Å². The van der Waals surface area contributed by atoms with Gasteiger partial charge in [-0.15, -0.1) is 6.58 Å². The molecule has 2 rings (SSSR count). The van der Waals surface area contributed by atoms with Crippen molar-refractivity contribution in [2.45, 2.75) is 57.5 Å². The van der Waals surface area contributed by atoms with E-state index in [9.17, 15) is 14.7 Å². The first kappa shape index (κ1) is 18.0. The smallest absolute Gasteiger partial charge is 0.307 e. The third-order valence-electron chi connectivity index (χ3n) is 5.11. The van der Waals surface area contributed by atoms with Gasteiger partial charge in [-0.2, -0.15) is 0 Å². The van der Waals surface area contributed by atoms with Crippen LogP contribution in [0.5, 0.6) is 0 Å². The lowest BCUT2D eigenvalue weighted by atomic mass is 9.78. The summed E-state index contributed by atoms with van der Waals surface area (Å²) in [5.41, 5.74) is 0. The molecule has 1 heterocycles. The van der Waals surface area contributed by atoms with Crippen molar-refractivity contribution in [3.05, 3.63) is 12.7 Å². The monoisotopic (exact) mass is 323 g/mol. The van der Waals surface area contributed by atoms with Gasteiger partial charge in [-0.05, 0) is 31.6 Å². The standard InChI is InChI=1S/C18H29NO4/c1-2-11-23-15-9-6-10-19(13-15)17(20)12-16(18(21)22)14-7-4-3-5-8-14/h2,14-16H,1,3-13H2,(H,21,22)/t15-,16+/m1/s1. The second kappa shape index (κ2) is 9.06. The summed E-state index contributed by atoms with van der Waals surface area (Å²) in [6, 6.07) is 0. The first-order valence-corrected chi connectivity index (χ1v) is 8.85. The zero-order chi connectivity index (χ0) is 16.7.